The Morgan fingerprint density at radius 2 is 1.72 bits per heavy atom. The lowest BCUT2D eigenvalue weighted by molar-refractivity contribution is -0.149. The molecule has 308 valence electrons. The molecule has 0 unspecified atom stereocenters. The van der Waals surface area contributed by atoms with Crippen LogP contribution in [0, 0.1) is 11.8 Å². The van der Waals surface area contributed by atoms with Crippen molar-refractivity contribution >= 4 is 29.2 Å². The van der Waals surface area contributed by atoms with Gasteiger partial charge in [0.05, 0.1) is 19.3 Å². The van der Waals surface area contributed by atoms with Crippen LogP contribution in [-0.4, -0.2) is 81.9 Å². The summed E-state index contributed by atoms with van der Waals surface area (Å²) in [5.41, 5.74) is 13.3. The highest BCUT2D eigenvalue weighted by molar-refractivity contribution is 5.91. The molecule has 12 heteroatoms. The number of aromatic nitrogens is 1. The number of fused-ring (bicyclic) bond motifs is 3. The predicted octanol–water partition coefficient (Wildman–Crippen LogP) is 5.60. The zero-order chi connectivity index (χ0) is 41.0. The highest BCUT2D eigenvalue weighted by Gasteiger charge is 2.44. The van der Waals surface area contributed by atoms with Crippen molar-refractivity contribution in [3.05, 3.63) is 114 Å². The third-order valence-electron chi connectivity index (χ3n) is 11.2. The second kappa shape index (κ2) is 20.5. The van der Waals surface area contributed by atoms with E-state index in [1.165, 1.54) is 11.1 Å². The van der Waals surface area contributed by atoms with Gasteiger partial charge in [0.25, 0.3) is 5.91 Å². The molecule has 4 aromatic rings. The Bertz CT molecular complexity index is 1960. The van der Waals surface area contributed by atoms with E-state index in [4.69, 9.17) is 10.5 Å². The van der Waals surface area contributed by atoms with Crippen LogP contribution < -0.4 is 21.7 Å². The lowest BCUT2D eigenvalue weighted by atomic mass is 9.82. The van der Waals surface area contributed by atoms with Gasteiger partial charge in [0.1, 0.15) is 12.1 Å². The molecule has 2 aliphatic rings. The molecule has 0 saturated carbocycles. The lowest BCUT2D eigenvalue weighted by Crippen LogP contribution is -2.52. The summed E-state index contributed by atoms with van der Waals surface area (Å²) in [6.07, 6.45) is 6.02. The van der Waals surface area contributed by atoms with Gasteiger partial charge in [0.15, 0.2) is 0 Å². The summed E-state index contributed by atoms with van der Waals surface area (Å²) in [6.45, 7) is 5.88. The van der Waals surface area contributed by atoms with E-state index in [-0.39, 0.29) is 43.0 Å². The number of hydrogen-bond acceptors (Lipinski definition) is 10. The van der Waals surface area contributed by atoms with Crippen molar-refractivity contribution in [1.82, 2.24) is 15.2 Å². The summed E-state index contributed by atoms with van der Waals surface area (Å²) in [4.78, 5) is 45.5. The number of aliphatic hydroxyl groups excluding tert-OH is 2. The summed E-state index contributed by atoms with van der Waals surface area (Å²) < 4.78 is 5.51. The molecular formula is C46H58N6O6. The minimum atomic E-state index is -1.48. The van der Waals surface area contributed by atoms with Gasteiger partial charge in [-0.25, -0.2) is 4.79 Å². The van der Waals surface area contributed by atoms with Crippen LogP contribution in [0.25, 0.3) is 11.1 Å². The van der Waals surface area contributed by atoms with Crippen LogP contribution in [0.4, 0.5) is 11.4 Å². The maximum Gasteiger partial charge on any atom is 0.328 e. The number of nitrogens with one attached hydrogen (secondary N) is 3. The Kier molecular flexibility index (Phi) is 15.0. The molecule has 1 aromatic heterocycles. The SMILES string of the molecule is CC(C)C[C@H](NC(=O)[C@@H](O)[C@H](N)Cc1ccccc1)C(=O)OCCCCCC(=O)Nc1cccc(-c2ccc3c(c2)[C@H]2[C@H](CCN2Cc2ccncc2)[C@@H](CO)N3)c1. The molecule has 6 atom stereocenters. The smallest absolute Gasteiger partial charge is 0.328 e. The Balaban J connectivity index is 0.964. The zero-order valence-electron chi connectivity index (χ0n) is 33.6. The number of likely N-dealkylation sites (tertiary alicyclic amines) is 1. The molecule has 3 heterocycles. The number of ether oxygens (including phenoxy) is 1. The quantitative estimate of drug-likeness (QED) is 0.0518. The third kappa shape index (κ3) is 11.3. The fraction of sp³-hybridized carbons (Fsp3) is 0.435. The van der Waals surface area contributed by atoms with E-state index >= 15 is 0 Å². The molecular weight excluding hydrogens is 733 g/mol. The molecule has 1 saturated heterocycles. The number of benzene rings is 3. The summed E-state index contributed by atoms with van der Waals surface area (Å²) in [5.74, 6) is -0.971. The molecule has 3 aromatic carbocycles. The van der Waals surface area contributed by atoms with Crippen LogP contribution in [0.1, 0.15) is 75.1 Å². The molecule has 7 N–H and O–H groups in total. The van der Waals surface area contributed by atoms with Gasteiger partial charge in [-0.2, -0.15) is 0 Å². The van der Waals surface area contributed by atoms with Gasteiger partial charge in [0.2, 0.25) is 5.91 Å². The number of nitrogens with zero attached hydrogens (tertiary/aromatic N) is 2. The number of anilines is 2. The number of nitrogens with two attached hydrogens (primary N) is 1. The van der Waals surface area contributed by atoms with Crippen LogP contribution in [0.15, 0.2) is 97.3 Å². The molecule has 0 aliphatic carbocycles. The van der Waals surface area contributed by atoms with Crippen molar-refractivity contribution in [2.75, 3.05) is 30.4 Å². The topological polar surface area (TPSA) is 179 Å². The fourth-order valence-electron chi connectivity index (χ4n) is 8.21. The maximum atomic E-state index is 13.0. The van der Waals surface area contributed by atoms with Crippen LogP contribution in [0.5, 0.6) is 0 Å². The van der Waals surface area contributed by atoms with Crippen molar-refractivity contribution in [1.29, 1.82) is 0 Å². The van der Waals surface area contributed by atoms with E-state index in [1.807, 2.05) is 80.8 Å². The number of carbonyl (C=O) groups is 3. The first-order valence-electron chi connectivity index (χ1n) is 20.6. The molecule has 0 spiro atoms. The van der Waals surface area contributed by atoms with Crippen LogP contribution in [-0.2, 0) is 32.1 Å². The number of esters is 1. The average Bonchev–Trinajstić information content (AvgIpc) is 3.65. The second-order valence-electron chi connectivity index (χ2n) is 16.1. The van der Waals surface area contributed by atoms with Crippen LogP contribution in [0.3, 0.4) is 0 Å². The molecule has 6 rings (SSSR count). The molecule has 2 amide bonds. The van der Waals surface area contributed by atoms with E-state index in [1.54, 1.807) is 0 Å². The molecule has 0 bridgehead atoms. The first-order chi connectivity index (χ1) is 28.1. The second-order valence-corrected chi connectivity index (χ2v) is 16.1. The first-order valence-corrected chi connectivity index (χ1v) is 20.6. The minimum absolute atomic E-state index is 0.00230. The highest BCUT2D eigenvalue weighted by atomic mass is 16.5. The number of aliphatic hydroxyl groups is 2. The van der Waals surface area contributed by atoms with Gasteiger partial charge in [-0.1, -0.05) is 62.4 Å². The summed E-state index contributed by atoms with van der Waals surface area (Å²) in [5, 5.41) is 30.1. The zero-order valence-corrected chi connectivity index (χ0v) is 33.6. The van der Waals surface area contributed by atoms with Crippen molar-refractivity contribution < 1.29 is 29.3 Å². The van der Waals surface area contributed by atoms with Crippen LogP contribution >= 0.6 is 0 Å². The fourth-order valence-corrected chi connectivity index (χ4v) is 8.21. The number of rotatable bonds is 19. The number of hydrogen-bond donors (Lipinski definition) is 6. The van der Waals surface area contributed by atoms with Crippen molar-refractivity contribution in [2.24, 2.45) is 17.6 Å². The van der Waals surface area contributed by atoms with Gasteiger partial charge >= 0.3 is 5.97 Å². The van der Waals surface area contributed by atoms with Gasteiger partial charge in [0, 0.05) is 54.7 Å². The van der Waals surface area contributed by atoms with E-state index in [0.29, 0.717) is 38.5 Å². The van der Waals surface area contributed by atoms with E-state index in [0.717, 1.165) is 47.6 Å². The lowest BCUT2D eigenvalue weighted by Gasteiger charge is -2.39. The maximum absolute atomic E-state index is 13.0. The molecule has 2 aliphatic heterocycles. The summed E-state index contributed by atoms with van der Waals surface area (Å²) in [7, 11) is 0. The standard InChI is InChI=1S/C46H58N6O6/c1-30(2)24-40(51-45(56)44(55)38(47)25-31-10-5-3-6-11-31)46(57)58-23-8-4-7-14-42(54)49-35-13-9-12-33(26-35)34-15-16-39-37(27-34)43-36(41(29-53)50-39)19-22-52(43)28-32-17-20-48-21-18-32/h3,5-6,9-13,15-18,20-21,26-27,30,36,38,40-41,43-44,50,53,55H,4,7-8,14,19,22-25,28-29,47H2,1-2H3,(H,49,54)(H,51,56)/t36-,38-,40+,41-,43-,44+/m1/s1. The van der Waals surface area contributed by atoms with Crippen molar-refractivity contribution in [3.63, 3.8) is 0 Å². The number of carbonyl (C=O) groups excluding carboxylic acids is 3. The van der Waals surface area contributed by atoms with Gasteiger partial charge in [-0.3, -0.25) is 19.5 Å². The van der Waals surface area contributed by atoms with Crippen LogP contribution in [0.2, 0.25) is 0 Å². The predicted molar refractivity (Wildman–Crippen MR) is 225 cm³/mol. The Morgan fingerprint density at radius 1 is 0.948 bits per heavy atom. The number of pyridine rings is 1. The largest absolute Gasteiger partial charge is 0.464 e. The van der Waals surface area contributed by atoms with E-state index < -0.39 is 30.1 Å². The van der Waals surface area contributed by atoms with E-state index in [2.05, 4.69) is 56.2 Å². The normalized spacial score (nSPS) is 19.0. The number of amides is 2. The minimum Gasteiger partial charge on any atom is -0.464 e. The van der Waals surface area contributed by atoms with Gasteiger partial charge < -0.3 is 36.6 Å². The van der Waals surface area contributed by atoms with Crippen molar-refractivity contribution in [3.8, 4) is 11.1 Å². The average molecular weight is 791 g/mol. The highest BCUT2D eigenvalue weighted by Crippen LogP contribution is 2.48. The molecule has 0 radical (unpaired) electrons. The molecule has 1 fully saturated rings. The Labute approximate surface area is 341 Å². The monoisotopic (exact) mass is 790 g/mol. The Hall–Kier alpha value is -5.14. The van der Waals surface area contributed by atoms with Gasteiger partial charge in [-0.05, 0) is 115 Å². The molecule has 12 nitrogen and oxygen atoms in total. The van der Waals surface area contributed by atoms with Crippen molar-refractivity contribution in [2.45, 2.75) is 95.6 Å². The molecule has 58 heavy (non-hydrogen) atoms. The summed E-state index contributed by atoms with van der Waals surface area (Å²) in [6, 6.07) is 26.2. The summed E-state index contributed by atoms with van der Waals surface area (Å²) >= 11 is 0. The van der Waals surface area contributed by atoms with E-state index in [9.17, 15) is 24.6 Å². The van der Waals surface area contributed by atoms with Gasteiger partial charge in [-0.15, -0.1) is 0 Å². The number of unbranched alkanes of at least 4 members (excludes halogenated alkanes) is 2. The Morgan fingerprint density at radius 3 is 2.48 bits per heavy atom. The third-order valence-corrected chi connectivity index (χ3v) is 11.2. The first kappa shape index (κ1) is 42.5.